The molecule has 0 aliphatic heterocycles. The van der Waals surface area contributed by atoms with Gasteiger partial charge >= 0.3 is 17.9 Å². The van der Waals surface area contributed by atoms with Crippen LogP contribution in [0, 0.1) is 0 Å². The average molecular weight is 523 g/mol. The summed E-state index contributed by atoms with van der Waals surface area (Å²) < 4.78 is 15.1. The number of ether oxygens (including phenoxy) is 3. The molecule has 2 aromatic carbocycles. The van der Waals surface area contributed by atoms with E-state index in [1.807, 2.05) is 6.07 Å². The minimum absolute atomic E-state index is 0.0336. The van der Waals surface area contributed by atoms with Crippen LogP contribution in [0.15, 0.2) is 48.5 Å². The number of aromatic nitrogens is 2. The molecule has 0 fully saturated rings. The standard InChI is InChI=1S/C27H30N4O7/c1-4-36-22(32)16-15-21(26(34)37-5-2)31-25(33)17-11-13-18(14-12-17)28-24-23(27(35)38-6-3)29-19-9-7-8-10-20(19)30-24/h7-14,21H,4-6,15-16H2,1-3H3,(H,28,30)(H,31,33). The summed E-state index contributed by atoms with van der Waals surface area (Å²) in [6.45, 7) is 5.58. The Morgan fingerprint density at radius 1 is 0.816 bits per heavy atom. The highest BCUT2D eigenvalue weighted by atomic mass is 16.5. The fourth-order valence-electron chi connectivity index (χ4n) is 3.50. The highest BCUT2D eigenvalue weighted by molar-refractivity contribution is 5.98. The van der Waals surface area contributed by atoms with E-state index >= 15 is 0 Å². The maximum absolute atomic E-state index is 12.8. The lowest BCUT2D eigenvalue weighted by Gasteiger charge is -2.17. The van der Waals surface area contributed by atoms with Gasteiger partial charge in [0.1, 0.15) is 6.04 Å². The lowest BCUT2D eigenvalue weighted by Crippen LogP contribution is -2.42. The molecule has 1 aromatic heterocycles. The molecule has 0 saturated heterocycles. The van der Waals surface area contributed by atoms with E-state index in [9.17, 15) is 19.2 Å². The molecule has 1 atom stereocenters. The maximum Gasteiger partial charge on any atom is 0.360 e. The third kappa shape index (κ3) is 7.48. The van der Waals surface area contributed by atoms with Crippen LogP contribution in [0.5, 0.6) is 0 Å². The van der Waals surface area contributed by atoms with Gasteiger partial charge in [-0.05, 0) is 63.6 Å². The first-order valence-corrected chi connectivity index (χ1v) is 12.3. The van der Waals surface area contributed by atoms with Gasteiger partial charge in [-0.15, -0.1) is 0 Å². The summed E-state index contributed by atoms with van der Waals surface area (Å²) >= 11 is 0. The number of hydrogen-bond donors (Lipinski definition) is 2. The monoisotopic (exact) mass is 522 g/mol. The number of hydrogen-bond acceptors (Lipinski definition) is 10. The van der Waals surface area contributed by atoms with Crippen molar-refractivity contribution in [3.63, 3.8) is 0 Å². The molecule has 0 aliphatic carbocycles. The first-order valence-electron chi connectivity index (χ1n) is 12.3. The smallest absolute Gasteiger partial charge is 0.360 e. The number of para-hydroxylation sites is 2. The Balaban J connectivity index is 1.76. The van der Waals surface area contributed by atoms with Crippen molar-refractivity contribution in [1.82, 2.24) is 15.3 Å². The Labute approximate surface area is 219 Å². The topological polar surface area (TPSA) is 146 Å². The van der Waals surface area contributed by atoms with Crippen molar-refractivity contribution >= 4 is 46.4 Å². The molecule has 3 aromatic rings. The number of carbonyl (C=O) groups is 4. The second kappa shape index (κ2) is 13.7. The molecule has 0 aliphatic rings. The molecule has 3 rings (SSSR count). The van der Waals surface area contributed by atoms with Crippen LogP contribution in [-0.4, -0.2) is 59.6 Å². The van der Waals surface area contributed by atoms with Gasteiger partial charge < -0.3 is 24.8 Å². The van der Waals surface area contributed by atoms with Crippen LogP contribution in [0.2, 0.25) is 0 Å². The number of nitrogens with one attached hydrogen (secondary N) is 2. The summed E-state index contributed by atoms with van der Waals surface area (Å²) in [7, 11) is 0. The van der Waals surface area contributed by atoms with Gasteiger partial charge in [-0.3, -0.25) is 9.59 Å². The van der Waals surface area contributed by atoms with E-state index in [0.29, 0.717) is 16.7 Å². The van der Waals surface area contributed by atoms with Gasteiger partial charge in [0.05, 0.1) is 30.9 Å². The van der Waals surface area contributed by atoms with Crippen molar-refractivity contribution in [2.75, 3.05) is 25.1 Å². The predicted molar refractivity (Wildman–Crippen MR) is 139 cm³/mol. The SMILES string of the molecule is CCOC(=O)CCC(NC(=O)c1ccc(Nc2nc3ccccc3nc2C(=O)OCC)cc1)C(=O)OCC. The number of amides is 1. The third-order valence-electron chi connectivity index (χ3n) is 5.27. The van der Waals surface area contributed by atoms with Crippen LogP contribution in [0.4, 0.5) is 11.5 Å². The Hall–Kier alpha value is -4.54. The molecule has 0 bridgehead atoms. The van der Waals surface area contributed by atoms with Crippen molar-refractivity contribution in [3.8, 4) is 0 Å². The van der Waals surface area contributed by atoms with Crippen LogP contribution in [0.1, 0.15) is 54.5 Å². The van der Waals surface area contributed by atoms with Gasteiger partial charge in [-0.25, -0.2) is 19.6 Å². The summed E-state index contributed by atoms with van der Waals surface area (Å²) in [4.78, 5) is 58.3. The molecule has 11 nitrogen and oxygen atoms in total. The second-order valence-corrected chi connectivity index (χ2v) is 7.95. The number of esters is 3. The van der Waals surface area contributed by atoms with Gasteiger partial charge in [-0.2, -0.15) is 0 Å². The van der Waals surface area contributed by atoms with Gasteiger partial charge in [0.15, 0.2) is 11.5 Å². The molecule has 11 heteroatoms. The van der Waals surface area contributed by atoms with Crippen molar-refractivity contribution in [3.05, 3.63) is 59.8 Å². The van der Waals surface area contributed by atoms with Crippen molar-refractivity contribution in [2.24, 2.45) is 0 Å². The van der Waals surface area contributed by atoms with Crippen molar-refractivity contribution in [1.29, 1.82) is 0 Å². The van der Waals surface area contributed by atoms with Crippen LogP contribution in [0.25, 0.3) is 11.0 Å². The van der Waals surface area contributed by atoms with Gasteiger partial charge in [0.2, 0.25) is 0 Å². The normalized spacial score (nSPS) is 11.3. The predicted octanol–water partition coefficient (Wildman–Crippen LogP) is 3.55. The number of fused-ring (bicyclic) bond motifs is 1. The van der Waals surface area contributed by atoms with E-state index in [1.54, 1.807) is 63.2 Å². The second-order valence-electron chi connectivity index (χ2n) is 7.95. The Bertz CT molecular complexity index is 1290. The largest absolute Gasteiger partial charge is 0.466 e. The number of carbonyl (C=O) groups excluding carboxylic acids is 4. The molecule has 38 heavy (non-hydrogen) atoms. The molecule has 1 unspecified atom stereocenters. The molecule has 200 valence electrons. The zero-order valence-electron chi connectivity index (χ0n) is 21.5. The molecule has 1 heterocycles. The van der Waals surface area contributed by atoms with Gasteiger partial charge in [0, 0.05) is 17.7 Å². The Morgan fingerprint density at radius 3 is 2.08 bits per heavy atom. The van der Waals surface area contributed by atoms with E-state index in [4.69, 9.17) is 14.2 Å². The molecule has 0 saturated carbocycles. The van der Waals surface area contributed by atoms with Crippen LogP contribution < -0.4 is 10.6 Å². The van der Waals surface area contributed by atoms with Crippen LogP contribution >= 0.6 is 0 Å². The minimum Gasteiger partial charge on any atom is -0.466 e. The minimum atomic E-state index is -1.01. The molecule has 0 radical (unpaired) electrons. The zero-order valence-corrected chi connectivity index (χ0v) is 21.5. The van der Waals surface area contributed by atoms with E-state index in [1.165, 1.54) is 0 Å². The van der Waals surface area contributed by atoms with Crippen molar-refractivity contribution in [2.45, 2.75) is 39.7 Å². The Kier molecular flexibility index (Phi) is 10.1. The number of benzene rings is 2. The number of anilines is 2. The van der Waals surface area contributed by atoms with E-state index in [-0.39, 0.29) is 49.7 Å². The molecular weight excluding hydrogens is 492 g/mol. The molecular formula is C27H30N4O7. The molecule has 2 N–H and O–H groups in total. The Morgan fingerprint density at radius 2 is 1.45 bits per heavy atom. The number of rotatable bonds is 12. The highest BCUT2D eigenvalue weighted by Crippen LogP contribution is 2.22. The lowest BCUT2D eigenvalue weighted by atomic mass is 10.1. The fraction of sp³-hybridized carbons (Fsp3) is 0.333. The average Bonchev–Trinajstić information content (AvgIpc) is 2.91. The summed E-state index contributed by atoms with van der Waals surface area (Å²) in [6, 6.07) is 12.5. The molecule has 0 spiro atoms. The first-order chi connectivity index (χ1) is 18.4. The first kappa shape index (κ1) is 28.0. The van der Waals surface area contributed by atoms with Gasteiger partial charge in [0.25, 0.3) is 5.91 Å². The van der Waals surface area contributed by atoms with Gasteiger partial charge in [-0.1, -0.05) is 12.1 Å². The van der Waals surface area contributed by atoms with E-state index in [0.717, 1.165) is 0 Å². The van der Waals surface area contributed by atoms with E-state index < -0.39 is 29.9 Å². The third-order valence-corrected chi connectivity index (χ3v) is 5.27. The summed E-state index contributed by atoms with van der Waals surface area (Å²) in [5.41, 5.74) is 1.99. The maximum atomic E-state index is 12.8. The van der Waals surface area contributed by atoms with E-state index in [2.05, 4.69) is 20.6 Å². The summed E-state index contributed by atoms with van der Waals surface area (Å²) in [5.74, 6) is -2.02. The molecule has 1 amide bonds. The zero-order chi connectivity index (χ0) is 27.5. The highest BCUT2D eigenvalue weighted by Gasteiger charge is 2.24. The quantitative estimate of drug-likeness (QED) is 0.267. The lowest BCUT2D eigenvalue weighted by molar-refractivity contribution is -0.146. The van der Waals surface area contributed by atoms with Crippen LogP contribution in [0.3, 0.4) is 0 Å². The fourth-order valence-corrected chi connectivity index (χ4v) is 3.50. The summed E-state index contributed by atoms with van der Waals surface area (Å²) in [5, 5.41) is 5.68. The van der Waals surface area contributed by atoms with Crippen molar-refractivity contribution < 1.29 is 33.4 Å². The summed E-state index contributed by atoms with van der Waals surface area (Å²) in [6.07, 6.45) is -0.00360. The van der Waals surface area contributed by atoms with Crippen LogP contribution in [-0.2, 0) is 23.8 Å². The number of nitrogens with zero attached hydrogens (tertiary/aromatic N) is 2.